The monoisotopic (exact) mass is 248 g/mol. The molecule has 1 unspecified atom stereocenters. The van der Waals surface area contributed by atoms with Gasteiger partial charge in [0.2, 0.25) is 0 Å². The molecule has 1 aromatic carbocycles. The van der Waals surface area contributed by atoms with Crippen molar-refractivity contribution in [3.05, 3.63) is 58.9 Å². The third kappa shape index (κ3) is 2.57. The quantitative estimate of drug-likeness (QED) is 0.909. The highest BCUT2D eigenvalue weighted by molar-refractivity contribution is 6.31. The van der Waals surface area contributed by atoms with Crippen molar-refractivity contribution in [3.63, 3.8) is 0 Å². The largest absolute Gasteiger partial charge is 0.497 e. The van der Waals surface area contributed by atoms with E-state index in [0.717, 1.165) is 16.9 Å². The number of nitrogens with two attached hydrogens (primary N) is 1. The van der Waals surface area contributed by atoms with Gasteiger partial charge in [-0.3, -0.25) is 4.98 Å². The highest BCUT2D eigenvalue weighted by Gasteiger charge is 2.12. The van der Waals surface area contributed by atoms with E-state index >= 15 is 0 Å². The molecule has 0 bridgehead atoms. The van der Waals surface area contributed by atoms with Crippen LogP contribution in [0.5, 0.6) is 5.75 Å². The van der Waals surface area contributed by atoms with Crippen LogP contribution in [-0.2, 0) is 0 Å². The molecule has 0 aliphatic carbocycles. The predicted octanol–water partition coefficient (Wildman–Crippen LogP) is 2.79. The summed E-state index contributed by atoms with van der Waals surface area (Å²) in [7, 11) is 1.63. The zero-order valence-corrected chi connectivity index (χ0v) is 10.2. The number of ether oxygens (including phenoxy) is 1. The second-order valence-electron chi connectivity index (χ2n) is 3.65. The van der Waals surface area contributed by atoms with Crippen LogP contribution in [0.3, 0.4) is 0 Å². The lowest BCUT2D eigenvalue weighted by Gasteiger charge is -2.14. The van der Waals surface area contributed by atoms with Gasteiger partial charge in [0.1, 0.15) is 5.75 Å². The number of halogens is 1. The summed E-state index contributed by atoms with van der Waals surface area (Å²) in [5.74, 6) is 0.807. The Morgan fingerprint density at radius 2 is 1.94 bits per heavy atom. The lowest BCUT2D eigenvalue weighted by atomic mass is 10.0. The molecule has 17 heavy (non-hydrogen) atoms. The van der Waals surface area contributed by atoms with Crippen molar-refractivity contribution in [1.29, 1.82) is 0 Å². The molecule has 1 aromatic heterocycles. The van der Waals surface area contributed by atoms with E-state index in [1.807, 2.05) is 30.3 Å². The average Bonchev–Trinajstić information content (AvgIpc) is 2.39. The van der Waals surface area contributed by atoms with E-state index in [4.69, 9.17) is 22.1 Å². The molecule has 0 saturated carbocycles. The summed E-state index contributed by atoms with van der Waals surface area (Å²) in [6.07, 6.45) is 3.28. The fourth-order valence-electron chi connectivity index (χ4n) is 1.63. The SMILES string of the molecule is COc1ccc(C(N)c2ccncc2Cl)cc1. The van der Waals surface area contributed by atoms with E-state index in [0.29, 0.717) is 5.02 Å². The van der Waals surface area contributed by atoms with Gasteiger partial charge >= 0.3 is 0 Å². The first-order valence-corrected chi connectivity index (χ1v) is 5.59. The molecule has 3 nitrogen and oxygen atoms in total. The van der Waals surface area contributed by atoms with E-state index in [1.165, 1.54) is 0 Å². The van der Waals surface area contributed by atoms with Gasteiger partial charge in [-0.2, -0.15) is 0 Å². The number of hydrogen-bond acceptors (Lipinski definition) is 3. The third-order valence-corrected chi connectivity index (χ3v) is 2.93. The first kappa shape index (κ1) is 11.9. The summed E-state index contributed by atoms with van der Waals surface area (Å²) in [6, 6.07) is 9.20. The van der Waals surface area contributed by atoms with Gasteiger partial charge in [-0.1, -0.05) is 23.7 Å². The van der Waals surface area contributed by atoms with Gasteiger partial charge in [0.25, 0.3) is 0 Å². The van der Waals surface area contributed by atoms with Crippen molar-refractivity contribution in [3.8, 4) is 5.75 Å². The molecule has 0 aliphatic rings. The smallest absolute Gasteiger partial charge is 0.118 e. The molecular weight excluding hydrogens is 236 g/mol. The number of hydrogen-bond donors (Lipinski definition) is 1. The minimum absolute atomic E-state index is 0.253. The molecule has 88 valence electrons. The Balaban J connectivity index is 2.30. The van der Waals surface area contributed by atoms with Gasteiger partial charge in [0.05, 0.1) is 18.2 Å². The van der Waals surface area contributed by atoms with Crippen LogP contribution in [0.25, 0.3) is 0 Å². The predicted molar refractivity (Wildman–Crippen MR) is 68.3 cm³/mol. The van der Waals surface area contributed by atoms with Gasteiger partial charge in [-0.15, -0.1) is 0 Å². The minimum atomic E-state index is -0.253. The first-order valence-electron chi connectivity index (χ1n) is 5.21. The summed E-state index contributed by atoms with van der Waals surface area (Å²) < 4.78 is 5.10. The zero-order chi connectivity index (χ0) is 12.3. The highest BCUT2D eigenvalue weighted by Crippen LogP contribution is 2.26. The second kappa shape index (κ2) is 5.17. The fraction of sp³-hybridized carbons (Fsp3) is 0.154. The molecule has 1 heterocycles. The van der Waals surface area contributed by atoms with Crippen molar-refractivity contribution in [2.75, 3.05) is 7.11 Å². The van der Waals surface area contributed by atoms with E-state index in [9.17, 15) is 0 Å². The number of pyridine rings is 1. The Morgan fingerprint density at radius 1 is 1.24 bits per heavy atom. The van der Waals surface area contributed by atoms with Gasteiger partial charge in [0, 0.05) is 12.4 Å². The molecule has 0 amide bonds. The van der Waals surface area contributed by atoms with E-state index in [1.54, 1.807) is 19.5 Å². The number of aromatic nitrogens is 1. The van der Waals surface area contributed by atoms with Gasteiger partial charge in [-0.25, -0.2) is 0 Å². The molecular formula is C13H13ClN2O. The second-order valence-corrected chi connectivity index (χ2v) is 4.06. The Hall–Kier alpha value is -1.58. The van der Waals surface area contributed by atoms with E-state index in [2.05, 4.69) is 4.98 Å². The maximum atomic E-state index is 6.16. The molecule has 0 radical (unpaired) electrons. The average molecular weight is 249 g/mol. The van der Waals surface area contributed by atoms with Crippen molar-refractivity contribution >= 4 is 11.6 Å². The molecule has 4 heteroatoms. The topological polar surface area (TPSA) is 48.1 Å². The maximum absolute atomic E-state index is 6.16. The number of rotatable bonds is 3. The van der Waals surface area contributed by atoms with Crippen LogP contribution >= 0.6 is 11.6 Å². The Kier molecular flexibility index (Phi) is 3.61. The standard InChI is InChI=1S/C13H13ClN2O/c1-17-10-4-2-9(3-5-10)13(15)11-6-7-16-8-12(11)14/h2-8,13H,15H2,1H3. The summed E-state index contributed by atoms with van der Waals surface area (Å²) >= 11 is 6.06. The molecule has 0 saturated heterocycles. The van der Waals surface area contributed by atoms with Crippen LogP contribution < -0.4 is 10.5 Å². The Labute approximate surface area is 105 Å². The number of nitrogens with zero attached hydrogens (tertiary/aromatic N) is 1. The summed E-state index contributed by atoms with van der Waals surface area (Å²) in [5, 5.41) is 0.579. The highest BCUT2D eigenvalue weighted by atomic mass is 35.5. The van der Waals surface area contributed by atoms with Crippen molar-refractivity contribution in [2.24, 2.45) is 5.73 Å². The van der Waals surface area contributed by atoms with Crippen LogP contribution in [0, 0.1) is 0 Å². The summed E-state index contributed by atoms with van der Waals surface area (Å²) in [6.45, 7) is 0. The molecule has 2 N–H and O–H groups in total. The lowest BCUT2D eigenvalue weighted by Crippen LogP contribution is -2.12. The maximum Gasteiger partial charge on any atom is 0.118 e. The van der Waals surface area contributed by atoms with Gasteiger partial charge in [0.15, 0.2) is 0 Å². The lowest BCUT2D eigenvalue weighted by molar-refractivity contribution is 0.414. The third-order valence-electron chi connectivity index (χ3n) is 2.61. The van der Waals surface area contributed by atoms with Crippen molar-refractivity contribution in [2.45, 2.75) is 6.04 Å². The van der Waals surface area contributed by atoms with Crippen LogP contribution in [0.2, 0.25) is 5.02 Å². The van der Waals surface area contributed by atoms with Crippen molar-refractivity contribution in [1.82, 2.24) is 4.98 Å². The molecule has 0 fully saturated rings. The van der Waals surface area contributed by atoms with Gasteiger partial charge < -0.3 is 10.5 Å². The molecule has 0 spiro atoms. The number of benzene rings is 1. The summed E-state index contributed by atoms with van der Waals surface area (Å²) in [4.78, 5) is 3.94. The van der Waals surface area contributed by atoms with E-state index < -0.39 is 0 Å². The van der Waals surface area contributed by atoms with Crippen LogP contribution in [0.15, 0.2) is 42.7 Å². The molecule has 2 aromatic rings. The normalized spacial score (nSPS) is 12.2. The van der Waals surface area contributed by atoms with Crippen molar-refractivity contribution < 1.29 is 4.74 Å². The van der Waals surface area contributed by atoms with Crippen LogP contribution in [0.1, 0.15) is 17.2 Å². The molecule has 1 atom stereocenters. The number of methoxy groups -OCH3 is 1. The first-order chi connectivity index (χ1) is 8.22. The molecule has 0 aliphatic heterocycles. The van der Waals surface area contributed by atoms with Crippen LogP contribution in [0.4, 0.5) is 0 Å². The van der Waals surface area contributed by atoms with E-state index in [-0.39, 0.29) is 6.04 Å². The summed E-state index contributed by atoms with van der Waals surface area (Å²) in [5.41, 5.74) is 8.01. The van der Waals surface area contributed by atoms with Crippen LogP contribution in [-0.4, -0.2) is 12.1 Å². The fourth-order valence-corrected chi connectivity index (χ4v) is 1.87. The Bertz CT molecular complexity index is 499. The zero-order valence-electron chi connectivity index (χ0n) is 9.43. The minimum Gasteiger partial charge on any atom is -0.497 e. The molecule has 2 rings (SSSR count). The van der Waals surface area contributed by atoms with Gasteiger partial charge in [-0.05, 0) is 29.3 Å². The Morgan fingerprint density at radius 3 is 2.53 bits per heavy atom.